The van der Waals surface area contributed by atoms with Crippen LogP contribution in [0.5, 0.6) is 0 Å². The Balaban J connectivity index is 2.26. The number of anilines is 1. The fourth-order valence-corrected chi connectivity index (χ4v) is 2.28. The number of carbonyl (C=O) groups excluding carboxylic acids is 1. The van der Waals surface area contributed by atoms with Crippen LogP contribution in [0.4, 0.5) is 10.1 Å². The molecule has 98 valence electrons. The van der Waals surface area contributed by atoms with E-state index in [1.807, 2.05) is 0 Å². The van der Waals surface area contributed by atoms with Crippen molar-refractivity contribution in [2.24, 2.45) is 0 Å². The molecule has 1 aromatic carbocycles. The van der Waals surface area contributed by atoms with Gasteiger partial charge in [-0.25, -0.2) is 4.39 Å². The number of rotatable bonds is 2. The molecule has 0 aliphatic rings. The van der Waals surface area contributed by atoms with Crippen molar-refractivity contribution >= 4 is 50.7 Å². The maximum absolute atomic E-state index is 13.0. The molecule has 0 saturated carbocycles. The molecule has 1 amide bonds. The number of nitrogens with zero attached hydrogens (tertiary/aromatic N) is 2. The molecular weight excluding hydrogens is 360 g/mol. The first-order valence-electron chi connectivity index (χ1n) is 4.92. The number of benzene rings is 1. The van der Waals surface area contributed by atoms with Gasteiger partial charge in [-0.3, -0.25) is 4.79 Å². The lowest BCUT2D eigenvalue weighted by molar-refractivity contribution is 0.102. The number of hydrogen-bond donors (Lipinski definition) is 1. The van der Waals surface area contributed by atoms with Crippen LogP contribution in [0, 0.1) is 5.82 Å². The van der Waals surface area contributed by atoms with Crippen molar-refractivity contribution in [3.63, 3.8) is 0 Å². The molecule has 1 aromatic heterocycles. The molecule has 0 radical (unpaired) electrons. The Hall–Kier alpha value is -1.24. The second-order valence-corrected chi connectivity index (χ2v) is 5.09. The number of nitrogens with one attached hydrogen (secondary N) is 1. The first-order chi connectivity index (χ1) is 8.97. The molecule has 0 aliphatic carbocycles. The van der Waals surface area contributed by atoms with Crippen LogP contribution in [-0.2, 0) is 0 Å². The minimum Gasteiger partial charge on any atom is -0.318 e. The van der Waals surface area contributed by atoms with E-state index in [9.17, 15) is 9.18 Å². The Labute approximate surface area is 126 Å². The molecule has 0 atom stereocenters. The topological polar surface area (TPSA) is 54.9 Å². The second-order valence-electron chi connectivity index (χ2n) is 3.44. The van der Waals surface area contributed by atoms with Crippen molar-refractivity contribution in [1.82, 2.24) is 10.2 Å². The fourth-order valence-electron chi connectivity index (χ4n) is 1.28. The van der Waals surface area contributed by atoms with Gasteiger partial charge in [0, 0.05) is 4.47 Å². The minimum atomic E-state index is -0.529. The predicted molar refractivity (Wildman–Crippen MR) is 74.1 cm³/mol. The Morgan fingerprint density at radius 1 is 1.26 bits per heavy atom. The Kier molecular flexibility index (Phi) is 4.34. The van der Waals surface area contributed by atoms with Gasteiger partial charge >= 0.3 is 0 Å². The zero-order valence-corrected chi connectivity index (χ0v) is 12.2. The molecule has 1 heterocycles. The number of aromatic nitrogens is 2. The second kappa shape index (κ2) is 5.81. The first kappa shape index (κ1) is 14.2. The Morgan fingerprint density at radius 3 is 2.58 bits per heavy atom. The fraction of sp³-hybridized carbons (Fsp3) is 0. The molecule has 0 fully saturated rings. The van der Waals surface area contributed by atoms with Crippen molar-refractivity contribution in [2.75, 3.05) is 5.32 Å². The van der Waals surface area contributed by atoms with Gasteiger partial charge < -0.3 is 5.32 Å². The summed E-state index contributed by atoms with van der Waals surface area (Å²) in [4.78, 5) is 11.9. The highest BCUT2D eigenvalue weighted by Crippen LogP contribution is 2.31. The summed E-state index contributed by atoms with van der Waals surface area (Å²) in [5, 5.41) is 9.94. The van der Waals surface area contributed by atoms with E-state index in [1.165, 1.54) is 18.2 Å². The number of halogens is 4. The highest BCUT2D eigenvalue weighted by molar-refractivity contribution is 9.10. The average Bonchev–Trinajstić information content (AvgIpc) is 2.34. The third-order valence-corrected chi connectivity index (χ3v) is 3.24. The summed E-state index contributed by atoms with van der Waals surface area (Å²) in [6, 6.07) is 5.13. The molecule has 0 unspecified atom stereocenters. The van der Waals surface area contributed by atoms with Crippen LogP contribution in [0.2, 0.25) is 10.2 Å². The SMILES string of the molecule is O=C(Nc1c(Cl)cc(F)cc1Br)c1ccc(Cl)nn1. The lowest BCUT2D eigenvalue weighted by Crippen LogP contribution is -2.15. The molecule has 8 heteroatoms. The van der Waals surface area contributed by atoms with E-state index in [4.69, 9.17) is 23.2 Å². The van der Waals surface area contributed by atoms with Gasteiger partial charge in [-0.05, 0) is 40.2 Å². The summed E-state index contributed by atoms with van der Waals surface area (Å²) in [5.41, 5.74) is 0.321. The average molecular weight is 365 g/mol. The lowest BCUT2D eigenvalue weighted by atomic mass is 10.3. The molecule has 1 N–H and O–H groups in total. The third-order valence-electron chi connectivity index (χ3n) is 2.11. The largest absolute Gasteiger partial charge is 0.318 e. The quantitative estimate of drug-likeness (QED) is 0.878. The standard InChI is InChI=1S/C11H5BrCl2FN3O/c12-6-3-5(15)4-7(13)10(6)16-11(19)8-1-2-9(14)18-17-8/h1-4H,(H,16,19). The summed E-state index contributed by atoms with van der Waals surface area (Å²) >= 11 is 14.5. The Bertz CT molecular complexity index is 613. The maximum Gasteiger partial charge on any atom is 0.276 e. The van der Waals surface area contributed by atoms with E-state index in [1.54, 1.807) is 0 Å². The van der Waals surface area contributed by atoms with Crippen molar-refractivity contribution < 1.29 is 9.18 Å². The lowest BCUT2D eigenvalue weighted by Gasteiger charge is -2.09. The van der Waals surface area contributed by atoms with Crippen LogP contribution in [0.25, 0.3) is 0 Å². The maximum atomic E-state index is 13.0. The van der Waals surface area contributed by atoms with Crippen molar-refractivity contribution in [3.8, 4) is 0 Å². The van der Waals surface area contributed by atoms with Gasteiger partial charge in [0.05, 0.1) is 10.7 Å². The normalized spacial score (nSPS) is 10.3. The van der Waals surface area contributed by atoms with Gasteiger partial charge in [0.25, 0.3) is 5.91 Å². The van der Waals surface area contributed by atoms with E-state index >= 15 is 0 Å². The van der Waals surface area contributed by atoms with E-state index < -0.39 is 11.7 Å². The van der Waals surface area contributed by atoms with Gasteiger partial charge in [-0.15, -0.1) is 10.2 Å². The van der Waals surface area contributed by atoms with Crippen LogP contribution in [-0.4, -0.2) is 16.1 Å². The number of amides is 1. The van der Waals surface area contributed by atoms with Crippen LogP contribution in [0.15, 0.2) is 28.7 Å². The van der Waals surface area contributed by atoms with E-state index in [0.717, 1.165) is 6.07 Å². The van der Waals surface area contributed by atoms with E-state index in [0.29, 0.717) is 4.47 Å². The van der Waals surface area contributed by atoms with Gasteiger partial charge in [0.2, 0.25) is 0 Å². The van der Waals surface area contributed by atoms with Crippen LogP contribution in [0.3, 0.4) is 0 Å². The third kappa shape index (κ3) is 3.40. The molecule has 2 aromatic rings. The van der Waals surface area contributed by atoms with Crippen molar-refractivity contribution in [3.05, 3.63) is 50.4 Å². The summed E-state index contributed by atoms with van der Waals surface area (Å²) in [7, 11) is 0. The molecule has 19 heavy (non-hydrogen) atoms. The summed E-state index contributed by atoms with van der Waals surface area (Å²) < 4.78 is 13.4. The highest BCUT2D eigenvalue weighted by atomic mass is 79.9. The van der Waals surface area contributed by atoms with E-state index in [-0.39, 0.29) is 21.6 Å². The van der Waals surface area contributed by atoms with Crippen molar-refractivity contribution in [2.45, 2.75) is 0 Å². The molecule has 0 bridgehead atoms. The molecule has 4 nitrogen and oxygen atoms in total. The van der Waals surface area contributed by atoms with Crippen LogP contribution in [0.1, 0.15) is 10.5 Å². The van der Waals surface area contributed by atoms with Crippen LogP contribution < -0.4 is 5.32 Å². The summed E-state index contributed by atoms with van der Waals surface area (Å²) in [6.45, 7) is 0. The Morgan fingerprint density at radius 2 is 2.00 bits per heavy atom. The number of hydrogen-bond acceptors (Lipinski definition) is 3. The first-order valence-corrected chi connectivity index (χ1v) is 6.47. The van der Waals surface area contributed by atoms with Crippen LogP contribution >= 0.6 is 39.1 Å². The van der Waals surface area contributed by atoms with Gasteiger partial charge in [-0.1, -0.05) is 23.2 Å². The molecule has 0 saturated heterocycles. The van der Waals surface area contributed by atoms with Gasteiger partial charge in [0.1, 0.15) is 5.82 Å². The van der Waals surface area contributed by atoms with Gasteiger partial charge in [0.15, 0.2) is 10.8 Å². The molecule has 0 aliphatic heterocycles. The number of carbonyl (C=O) groups is 1. The van der Waals surface area contributed by atoms with Crippen molar-refractivity contribution in [1.29, 1.82) is 0 Å². The minimum absolute atomic E-state index is 0.0664. The highest BCUT2D eigenvalue weighted by Gasteiger charge is 2.14. The monoisotopic (exact) mass is 363 g/mol. The molecular formula is C11H5BrCl2FN3O. The molecule has 0 spiro atoms. The zero-order chi connectivity index (χ0) is 14.0. The van der Waals surface area contributed by atoms with E-state index in [2.05, 4.69) is 31.4 Å². The predicted octanol–water partition coefficient (Wildman–Crippen LogP) is 3.94. The summed E-state index contributed by atoms with van der Waals surface area (Å²) in [6.07, 6.45) is 0. The zero-order valence-electron chi connectivity index (χ0n) is 9.12. The van der Waals surface area contributed by atoms with Gasteiger partial charge in [-0.2, -0.15) is 0 Å². The smallest absolute Gasteiger partial charge is 0.276 e. The molecule has 2 rings (SSSR count). The summed E-state index contributed by atoms with van der Waals surface area (Å²) in [5.74, 6) is -1.04.